The summed E-state index contributed by atoms with van der Waals surface area (Å²) in [6.45, 7) is 10.5. The Labute approximate surface area is 189 Å². The van der Waals surface area contributed by atoms with Gasteiger partial charge in [-0.1, -0.05) is 19.1 Å². The lowest BCUT2D eigenvalue weighted by Crippen LogP contribution is -2.30. The lowest BCUT2D eigenvalue weighted by atomic mass is 9.94. The van der Waals surface area contributed by atoms with Gasteiger partial charge < -0.3 is 19.5 Å². The number of aliphatic hydroxyl groups excluding tert-OH is 1. The van der Waals surface area contributed by atoms with E-state index in [0.717, 1.165) is 11.1 Å². The Morgan fingerprint density at radius 1 is 1.12 bits per heavy atom. The smallest absolute Gasteiger partial charge is 0.295 e. The first-order valence-corrected chi connectivity index (χ1v) is 11.1. The highest BCUT2D eigenvalue weighted by molar-refractivity contribution is 6.46. The summed E-state index contributed by atoms with van der Waals surface area (Å²) in [6.07, 6.45) is 0.674. The Morgan fingerprint density at radius 2 is 1.88 bits per heavy atom. The molecule has 0 saturated carbocycles. The minimum absolute atomic E-state index is 0.0147. The van der Waals surface area contributed by atoms with E-state index in [1.165, 1.54) is 4.90 Å². The second kappa shape index (κ2) is 9.90. The summed E-state index contributed by atoms with van der Waals surface area (Å²) in [6, 6.07) is 11.9. The molecule has 32 heavy (non-hydrogen) atoms. The summed E-state index contributed by atoms with van der Waals surface area (Å²) in [4.78, 5) is 27.4. The fourth-order valence-electron chi connectivity index (χ4n) is 4.00. The number of Topliss-reactive ketones (excluding diaryl/α,β-unsaturated/α-hetero) is 1. The molecule has 1 amide bonds. The third kappa shape index (κ3) is 4.64. The molecule has 1 heterocycles. The number of carbonyl (C=O) groups is 2. The van der Waals surface area contributed by atoms with E-state index in [0.29, 0.717) is 36.6 Å². The molecule has 1 fully saturated rings. The maximum absolute atomic E-state index is 13.0. The number of aliphatic hydroxyl groups is 1. The molecule has 1 saturated heterocycles. The van der Waals surface area contributed by atoms with Crippen LogP contribution in [0.3, 0.4) is 0 Å². The Kier molecular flexibility index (Phi) is 7.23. The summed E-state index contributed by atoms with van der Waals surface area (Å²) in [5, 5.41) is 11.2. The van der Waals surface area contributed by atoms with E-state index in [4.69, 9.17) is 9.47 Å². The van der Waals surface area contributed by atoms with Crippen LogP contribution in [0.1, 0.15) is 56.8 Å². The number of carbonyl (C=O) groups excluding carboxylic acids is 2. The average molecular weight is 438 g/mol. The molecular formula is C26H31NO5. The standard InChI is InChI=1S/C26H31NO5/c1-6-13-27-23(18-9-8-10-20(15-18)32-16(3)4)22(25(29)26(27)30)24(28)19-11-12-21(31-7-2)17(5)14-19/h8-12,14-16,23,28H,6-7,13H2,1-5H3/b24-22+. The fourth-order valence-corrected chi connectivity index (χ4v) is 4.00. The number of hydrogen-bond acceptors (Lipinski definition) is 5. The van der Waals surface area contributed by atoms with Crippen molar-refractivity contribution in [2.24, 2.45) is 0 Å². The number of ether oxygens (including phenoxy) is 2. The number of likely N-dealkylation sites (tertiary alicyclic amines) is 1. The Balaban J connectivity index is 2.14. The maximum Gasteiger partial charge on any atom is 0.295 e. The zero-order chi connectivity index (χ0) is 23.4. The highest BCUT2D eigenvalue weighted by atomic mass is 16.5. The maximum atomic E-state index is 13.0. The van der Waals surface area contributed by atoms with Crippen molar-refractivity contribution in [1.82, 2.24) is 4.90 Å². The van der Waals surface area contributed by atoms with E-state index in [1.807, 2.05) is 58.9 Å². The molecule has 1 atom stereocenters. The first-order valence-electron chi connectivity index (χ1n) is 11.1. The lowest BCUT2D eigenvalue weighted by Gasteiger charge is -2.25. The molecule has 0 bridgehead atoms. The van der Waals surface area contributed by atoms with Crippen LogP contribution in [0.2, 0.25) is 0 Å². The van der Waals surface area contributed by atoms with E-state index >= 15 is 0 Å². The van der Waals surface area contributed by atoms with Crippen LogP contribution in [-0.2, 0) is 9.59 Å². The molecule has 2 aromatic rings. The predicted molar refractivity (Wildman–Crippen MR) is 124 cm³/mol. The van der Waals surface area contributed by atoms with Crippen molar-refractivity contribution in [3.8, 4) is 11.5 Å². The SMILES string of the molecule is CCCN1C(=O)C(=O)/C(=C(/O)c2ccc(OCC)c(C)c2)C1c1cccc(OC(C)C)c1. The van der Waals surface area contributed by atoms with Crippen molar-refractivity contribution in [2.45, 2.75) is 53.2 Å². The monoisotopic (exact) mass is 437 g/mol. The van der Waals surface area contributed by atoms with E-state index in [1.54, 1.807) is 18.2 Å². The normalized spacial score (nSPS) is 17.8. The van der Waals surface area contributed by atoms with Crippen LogP contribution in [0.4, 0.5) is 0 Å². The molecule has 1 unspecified atom stereocenters. The Morgan fingerprint density at radius 3 is 2.50 bits per heavy atom. The first-order chi connectivity index (χ1) is 15.3. The number of ketones is 1. The van der Waals surface area contributed by atoms with Gasteiger partial charge in [0.2, 0.25) is 0 Å². The van der Waals surface area contributed by atoms with Crippen LogP contribution >= 0.6 is 0 Å². The fraction of sp³-hybridized carbons (Fsp3) is 0.385. The number of nitrogens with zero attached hydrogens (tertiary/aromatic N) is 1. The van der Waals surface area contributed by atoms with Crippen molar-refractivity contribution in [3.05, 3.63) is 64.7 Å². The molecule has 0 aliphatic carbocycles. The molecule has 1 aliphatic rings. The third-order valence-corrected chi connectivity index (χ3v) is 5.30. The van der Waals surface area contributed by atoms with Gasteiger partial charge in [0.15, 0.2) is 0 Å². The van der Waals surface area contributed by atoms with Gasteiger partial charge in [0.1, 0.15) is 17.3 Å². The molecule has 170 valence electrons. The zero-order valence-electron chi connectivity index (χ0n) is 19.3. The van der Waals surface area contributed by atoms with Gasteiger partial charge >= 0.3 is 0 Å². The molecule has 0 aromatic heterocycles. The second-order valence-corrected chi connectivity index (χ2v) is 8.14. The lowest BCUT2D eigenvalue weighted by molar-refractivity contribution is -0.139. The van der Waals surface area contributed by atoms with E-state index in [9.17, 15) is 14.7 Å². The van der Waals surface area contributed by atoms with Crippen molar-refractivity contribution in [3.63, 3.8) is 0 Å². The molecule has 0 spiro atoms. The molecule has 1 aliphatic heterocycles. The topological polar surface area (TPSA) is 76.1 Å². The van der Waals surface area contributed by atoms with Crippen molar-refractivity contribution in [2.75, 3.05) is 13.2 Å². The molecule has 0 radical (unpaired) electrons. The molecule has 1 N–H and O–H groups in total. The summed E-state index contributed by atoms with van der Waals surface area (Å²) in [5.41, 5.74) is 2.12. The summed E-state index contributed by atoms with van der Waals surface area (Å²) >= 11 is 0. The van der Waals surface area contributed by atoms with Crippen LogP contribution in [0.25, 0.3) is 5.76 Å². The van der Waals surface area contributed by atoms with Crippen LogP contribution in [0, 0.1) is 6.92 Å². The van der Waals surface area contributed by atoms with Crippen LogP contribution < -0.4 is 9.47 Å². The van der Waals surface area contributed by atoms with Gasteiger partial charge in [0.05, 0.1) is 24.3 Å². The largest absolute Gasteiger partial charge is 0.507 e. The summed E-state index contributed by atoms with van der Waals surface area (Å²) in [5.74, 6) is -0.103. The number of benzene rings is 2. The highest BCUT2D eigenvalue weighted by Gasteiger charge is 2.45. The molecular weight excluding hydrogens is 406 g/mol. The second-order valence-electron chi connectivity index (χ2n) is 8.14. The van der Waals surface area contributed by atoms with E-state index < -0.39 is 17.7 Å². The number of hydrogen-bond donors (Lipinski definition) is 1. The van der Waals surface area contributed by atoms with E-state index in [-0.39, 0.29) is 17.4 Å². The predicted octanol–water partition coefficient (Wildman–Crippen LogP) is 5.01. The highest BCUT2D eigenvalue weighted by Crippen LogP contribution is 2.40. The Hall–Kier alpha value is -3.28. The quantitative estimate of drug-likeness (QED) is 0.357. The number of aryl methyl sites for hydroxylation is 1. The van der Waals surface area contributed by atoms with Crippen LogP contribution in [-0.4, -0.2) is 41.0 Å². The van der Waals surface area contributed by atoms with Gasteiger partial charge in [-0.05, 0) is 75.6 Å². The first kappa shape index (κ1) is 23.4. The van der Waals surface area contributed by atoms with Gasteiger partial charge in [-0.3, -0.25) is 9.59 Å². The minimum atomic E-state index is -0.683. The average Bonchev–Trinajstić information content (AvgIpc) is 3.00. The summed E-state index contributed by atoms with van der Waals surface area (Å²) < 4.78 is 11.4. The van der Waals surface area contributed by atoms with Crippen molar-refractivity contribution in [1.29, 1.82) is 0 Å². The van der Waals surface area contributed by atoms with Crippen molar-refractivity contribution < 1.29 is 24.2 Å². The van der Waals surface area contributed by atoms with Gasteiger partial charge in [-0.2, -0.15) is 0 Å². The van der Waals surface area contributed by atoms with E-state index in [2.05, 4.69) is 0 Å². The van der Waals surface area contributed by atoms with Gasteiger partial charge in [-0.25, -0.2) is 0 Å². The number of rotatable bonds is 8. The third-order valence-electron chi connectivity index (χ3n) is 5.30. The van der Waals surface area contributed by atoms with Crippen LogP contribution in [0.5, 0.6) is 11.5 Å². The number of amides is 1. The molecule has 3 rings (SSSR count). The van der Waals surface area contributed by atoms with Crippen molar-refractivity contribution >= 4 is 17.4 Å². The van der Waals surface area contributed by atoms with Gasteiger partial charge in [0, 0.05) is 12.1 Å². The molecule has 6 nitrogen and oxygen atoms in total. The molecule has 2 aromatic carbocycles. The van der Waals surface area contributed by atoms with Crippen LogP contribution in [0.15, 0.2) is 48.0 Å². The summed E-state index contributed by atoms with van der Waals surface area (Å²) in [7, 11) is 0. The van der Waals surface area contributed by atoms with Gasteiger partial charge in [-0.15, -0.1) is 0 Å². The minimum Gasteiger partial charge on any atom is -0.507 e. The zero-order valence-corrected chi connectivity index (χ0v) is 19.3. The Bertz CT molecular complexity index is 1040. The molecule has 6 heteroatoms. The van der Waals surface area contributed by atoms with Gasteiger partial charge in [0.25, 0.3) is 11.7 Å².